The molecule has 0 bridgehead atoms. The minimum atomic E-state index is -2.37. The highest BCUT2D eigenvalue weighted by molar-refractivity contribution is 7.39. The second kappa shape index (κ2) is 4.03. The fourth-order valence-electron chi connectivity index (χ4n) is 1.44. The number of hydrogen-bond acceptors (Lipinski definition) is 4. The van der Waals surface area contributed by atoms with E-state index in [2.05, 4.69) is 0 Å². The molecule has 0 aliphatic carbocycles. The van der Waals surface area contributed by atoms with Crippen LogP contribution in [0.15, 0.2) is 36.4 Å². The molecule has 2 rings (SSSR count). The van der Waals surface area contributed by atoms with Crippen LogP contribution in [-0.4, -0.2) is 9.79 Å². The number of rotatable bonds is 2. The quantitative estimate of drug-likeness (QED) is 0.537. The van der Waals surface area contributed by atoms with Gasteiger partial charge in [-0.05, 0) is 29.7 Å². The zero-order valence-corrected chi connectivity index (χ0v) is 8.69. The van der Waals surface area contributed by atoms with Crippen LogP contribution in [0.1, 0.15) is 0 Å². The second-order valence-corrected chi connectivity index (χ2v) is 3.76. The van der Waals surface area contributed by atoms with Crippen LogP contribution < -0.4 is 10.3 Å². The predicted octanol–water partition coefficient (Wildman–Crippen LogP) is 2.01. The molecule has 0 radical (unpaired) electrons. The molecule has 0 aromatic heterocycles. The summed E-state index contributed by atoms with van der Waals surface area (Å²) in [6.45, 7) is 0. The smallest absolute Gasteiger partial charge is 0.391 e. The van der Waals surface area contributed by atoms with E-state index in [1.54, 1.807) is 18.2 Å². The highest BCUT2D eigenvalue weighted by Gasteiger charge is 2.04. The van der Waals surface area contributed by atoms with Crippen LogP contribution in [0.2, 0.25) is 0 Å². The Morgan fingerprint density at radius 3 is 2.67 bits per heavy atom. The molecule has 0 aliphatic rings. The van der Waals surface area contributed by atoms with E-state index in [1.807, 2.05) is 18.2 Å². The van der Waals surface area contributed by atoms with E-state index in [9.17, 15) is 0 Å². The lowest BCUT2D eigenvalue weighted by Gasteiger charge is -2.07. The molecule has 2 aromatic carbocycles. The van der Waals surface area contributed by atoms with Gasteiger partial charge in [-0.1, -0.05) is 12.1 Å². The summed E-state index contributed by atoms with van der Waals surface area (Å²) in [6, 6.07) is 10.7. The summed E-state index contributed by atoms with van der Waals surface area (Å²) < 4.78 is 4.80. The maximum absolute atomic E-state index is 8.71. The summed E-state index contributed by atoms with van der Waals surface area (Å²) in [7, 11) is -2.37. The van der Waals surface area contributed by atoms with Crippen molar-refractivity contribution in [3.05, 3.63) is 36.4 Å². The molecule has 2 aromatic rings. The van der Waals surface area contributed by atoms with E-state index in [0.29, 0.717) is 11.4 Å². The van der Waals surface area contributed by atoms with Gasteiger partial charge >= 0.3 is 8.60 Å². The first-order valence-electron chi connectivity index (χ1n) is 4.31. The summed E-state index contributed by atoms with van der Waals surface area (Å²) in [5.74, 6) is 0.421. The molecule has 0 spiro atoms. The first-order chi connectivity index (χ1) is 7.16. The predicted molar refractivity (Wildman–Crippen MR) is 60.3 cm³/mol. The van der Waals surface area contributed by atoms with E-state index in [-0.39, 0.29) is 0 Å². The Labute approximate surface area is 87.9 Å². The first-order valence-corrected chi connectivity index (χ1v) is 5.47. The zero-order chi connectivity index (χ0) is 10.8. The van der Waals surface area contributed by atoms with Crippen LogP contribution in [0.5, 0.6) is 5.75 Å². The third-order valence-electron chi connectivity index (χ3n) is 2.07. The van der Waals surface area contributed by atoms with Gasteiger partial charge in [0.05, 0.1) is 0 Å². The SMILES string of the molecule is Nc1cccc2cc(OP(O)O)ccc12. The Morgan fingerprint density at radius 1 is 1.13 bits per heavy atom. The lowest BCUT2D eigenvalue weighted by atomic mass is 10.1. The van der Waals surface area contributed by atoms with Crippen molar-refractivity contribution in [2.75, 3.05) is 5.73 Å². The maximum atomic E-state index is 8.71. The number of nitrogen functional groups attached to an aromatic ring is 1. The summed E-state index contributed by atoms with van der Waals surface area (Å²) in [5.41, 5.74) is 6.46. The number of anilines is 1. The lowest BCUT2D eigenvalue weighted by molar-refractivity contribution is 0.375. The van der Waals surface area contributed by atoms with Gasteiger partial charge in [0, 0.05) is 11.1 Å². The minimum Gasteiger partial charge on any atom is -0.427 e. The van der Waals surface area contributed by atoms with Crippen LogP contribution >= 0.6 is 8.60 Å². The first kappa shape index (κ1) is 10.2. The molecule has 0 heterocycles. The molecular formula is C10H10NO3P. The zero-order valence-electron chi connectivity index (χ0n) is 7.79. The van der Waals surface area contributed by atoms with Crippen LogP contribution in [0.3, 0.4) is 0 Å². The van der Waals surface area contributed by atoms with E-state index < -0.39 is 8.60 Å². The van der Waals surface area contributed by atoms with Gasteiger partial charge in [0.15, 0.2) is 0 Å². The van der Waals surface area contributed by atoms with Crippen LogP contribution in [0, 0.1) is 0 Å². The monoisotopic (exact) mass is 223 g/mol. The molecule has 0 amide bonds. The minimum absolute atomic E-state index is 0.421. The van der Waals surface area contributed by atoms with Crippen molar-refractivity contribution >= 4 is 25.1 Å². The van der Waals surface area contributed by atoms with Gasteiger partial charge in [-0.15, -0.1) is 0 Å². The summed E-state index contributed by atoms with van der Waals surface area (Å²) in [4.78, 5) is 17.4. The molecule has 0 unspecified atom stereocenters. The molecule has 5 heteroatoms. The van der Waals surface area contributed by atoms with Crippen molar-refractivity contribution < 1.29 is 14.3 Å². The molecular weight excluding hydrogens is 213 g/mol. The summed E-state index contributed by atoms with van der Waals surface area (Å²) in [6.07, 6.45) is 0. The molecule has 0 atom stereocenters. The Morgan fingerprint density at radius 2 is 1.93 bits per heavy atom. The summed E-state index contributed by atoms with van der Waals surface area (Å²) in [5, 5.41) is 1.83. The topological polar surface area (TPSA) is 75.7 Å². The molecule has 0 aliphatic heterocycles. The Kier molecular flexibility index (Phi) is 2.73. The van der Waals surface area contributed by atoms with Crippen molar-refractivity contribution in [3.63, 3.8) is 0 Å². The molecule has 4 N–H and O–H groups in total. The van der Waals surface area contributed by atoms with Crippen LogP contribution in [-0.2, 0) is 0 Å². The summed E-state index contributed by atoms with van der Waals surface area (Å²) >= 11 is 0. The van der Waals surface area contributed by atoms with Gasteiger partial charge < -0.3 is 20.0 Å². The molecule has 4 nitrogen and oxygen atoms in total. The van der Waals surface area contributed by atoms with E-state index in [0.717, 1.165) is 10.8 Å². The Bertz CT molecular complexity index is 487. The highest BCUT2D eigenvalue weighted by atomic mass is 31.2. The number of benzene rings is 2. The van der Waals surface area contributed by atoms with Crippen LogP contribution in [0.4, 0.5) is 5.69 Å². The third-order valence-corrected chi connectivity index (χ3v) is 2.45. The molecule has 0 fully saturated rings. The molecule has 0 saturated carbocycles. The molecule has 78 valence electrons. The standard InChI is InChI=1S/C10H10NO3P/c11-10-3-1-2-7-6-8(14-15(12)13)4-5-9(7)10/h1-6,12-13H,11H2. The van der Waals surface area contributed by atoms with Crippen molar-refractivity contribution in [2.45, 2.75) is 0 Å². The fraction of sp³-hybridized carbons (Fsp3) is 0. The van der Waals surface area contributed by atoms with Crippen LogP contribution in [0.25, 0.3) is 10.8 Å². The fourth-order valence-corrected chi connectivity index (χ4v) is 1.74. The van der Waals surface area contributed by atoms with Gasteiger partial charge in [-0.2, -0.15) is 0 Å². The van der Waals surface area contributed by atoms with E-state index >= 15 is 0 Å². The van der Waals surface area contributed by atoms with Gasteiger partial charge in [-0.3, -0.25) is 0 Å². The third kappa shape index (κ3) is 2.18. The van der Waals surface area contributed by atoms with Crippen molar-refractivity contribution in [1.82, 2.24) is 0 Å². The number of fused-ring (bicyclic) bond motifs is 1. The molecule has 0 saturated heterocycles. The Hall–Kier alpha value is -1.35. The molecule has 15 heavy (non-hydrogen) atoms. The van der Waals surface area contributed by atoms with E-state index in [4.69, 9.17) is 20.0 Å². The van der Waals surface area contributed by atoms with Crippen molar-refractivity contribution in [2.24, 2.45) is 0 Å². The van der Waals surface area contributed by atoms with Crippen molar-refractivity contribution in [1.29, 1.82) is 0 Å². The second-order valence-electron chi connectivity index (χ2n) is 3.07. The Balaban J connectivity index is 2.48. The van der Waals surface area contributed by atoms with Crippen molar-refractivity contribution in [3.8, 4) is 5.75 Å². The number of nitrogens with two attached hydrogens (primary N) is 1. The maximum Gasteiger partial charge on any atom is 0.391 e. The average Bonchev–Trinajstić information content (AvgIpc) is 2.17. The van der Waals surface area contributed by atoms with Gasteiger partial charge in [0.2, 0.25) is 0 Å². The highest BCUT2D eigenvalue weighted by Crippen LogP contribution is 2.32. The average molecular weight is 223 g/mol. The van der Waals surface area contributed by atoms with Gasteiger partial charge in [0.25, 0.3) is 0 Å². The van der Waals surface area contributed by atoms with Gasteiger partial charge in [0.1, 0.15) is 5.75 Å². The normalized spacial score (nSPS) is 10.9. The van der Waals surface area contributed by atoms with E-state index in [1.165, 1.54) is 0 Å². The lowest BCUT2D eigenvalue weighted by Crippen LogP contribution is -1.88. The number of hydrogen-bond donors (Lipinski definition) is 3. The van der Waals surface area contributed by atoms with Gasteiger partial charge in [-0.25, -0.2) is 0 Å². The largest absolute Gasteiger partial charge is 0.427 e.